The van der Waals surface area contributed by atoms with E-state index in [9.17, 15) is 14.7 Å². The van der Waals surface area contributed by atoms with E-state index in [0.717, 1.165) is 5.56 Å². The number of carbonyl (C=O) groups is 1. The molecular formula is C16H19ClN2O5. The van der Waals surface area contributed by atoms with E-state index in [-0.39, 0.29) is 11.7 Å². The molecule has 1 amide bonds. The predicted octanol–water partition coefficient (Wildman–Crippen LogP) is 1.52. The van der Waals surface area contributed by atoms with Gasteiger partial charge in [0.1, 0.15) is 17.9 Å². The van der Waals surface area contributed by atoms with Gasteiger partial charge in [-0.05, 0) is 30.5 Å². The molecule has 0 bridgehead atoms. The molecule has 4 N–H and O–H groups in total. The second kappa shape index (κ2) is 8.28. The smallest absolute Gasteiger partial charge is 0.409 e. The number of benzene rings is 1. The van der Waals surface area contributed by atoms with E-state index < -0.39 is 24.5 Å². The van der Waals surface area contributed by atoms with Crippen LogP contribution in [-0.4, -0.2) is 40.8 Å². The molecule has 24 heavy (non-hydrogen) atoms. The van der Waals surface area contributed by atoms with Crippen LogP contribution in [0.15, 0.2) is 30.0 Å². The molecule has 1 aliphatic rings. The topological polar surface area (TPSA) is 108 Å². The Morgan fingerprint density at radius 1 is 1.46 bits per heavy atom. The molecule has 0 saturated carbocycles. The molecule has 1 aromatic rings. The Morgan fingerprint density at radius 2 is 2.12 bits per heavy atom. The number of allylic oxidation sites excluding steroid dienone is 1. The van der Waals surface area contributed by atoms with Crippen LogP contribution in [0.25, 0.3) is 0 Å². The van der Waals surface area contributed by atoms with E-state index in [2.05, 4.69) is 5.32 Å². The van der Waals surface area contributed by atoms with Crippen molar-refractivity contribution in [3.05, 3.63) is 40.5 Å². The number of hydrogen-bond acceptors (Lipinski definition) is 5. The van der Waals surface area contributed by atoms with Crippen LogP contribution in [0, 0.1) is 5.92 Å². The molecule has 0 radical (unpaired) electrons. The van der Waals surface area contributed by atoms with Crippen molar-refractivity contribution < 1.29 is 24.5 Å². The summed E-state index contributed by atoms with van der Waals surface area (Å²) < 4.78 is 5.44. The fourth-order valence-corrected chi connectivity index (χ4v) is 2.71. The van der Waals surface area contributed by atoms with Gasteiger partial charge in [-0.25, -0.2) is 9.59 Å². The average Bonchev–Trinajstić information content (AvgIpc) is 2.86. The van der Waals surface area contributed by atoms with Gasteiger partial charge in [0.05, 0.1) is 6.04 Å². The Kier molecular flexibility index (Phi) is 6.36. The van der Waals surface area contributed by atoms with Crippen LogP contribution >= 0.6 is 11.6 Å². The lowest BCUT2D eigenvalue weighted by molar-refractivity contribution is -0.100. The van der Waals surface area contributed by atoms with Gasteiger partial charge in [0.25, 0.3) is 0 Å². The van der Waals surface area contributed by atoms with E-state index in [1.54, 1.807) is 25.0 Å². The van der Waals surface area contributed by atoms with Gasteiger partial charge in [-0.2, -0.15) is 0 Å². The molecule has 1 saturated heterocycles. The normalized spacial score (nSPS) is 24.2. The Bertz CT molecular complexity index is 630. The van der Waals surface area contributed by atoms with Crippen molar-refractivity contribution in [3.8, 4) is 0 Å². The molecule has 8 heteroatoms. The highest BCUT2D eigenvalue weighted by Gasteiger charge is 2.34. The maximum Gasteiger partial charge on any atom is 0.409 e. The van der Waals surface area contributed by atoms with Crippen LogP contribution in [-0.2, 0) is 16.0 Å². The van der Waals surface area contributed by atoms with Crippen LogP contribution < -0.4 is 10.6 Å². The third kappa shape index (κ3) is 5.06. The van der Waals surface area contributed by atoms with Crippen molar-refractivity contribution in [1.82, 2.24) is 10.6 Å². The SMILES string of the molecule is CC(CC1NC(Cc2ccc(Cl)cc2)C(O)O1)C(=C=O)NC(=O)O. The summed E-state index contributed by atoms with van der Waals surface area (Å²) in [7, 11) is 0. The number of amides is 1. The Labute approximate surface area is 144 Å². The molecule has 1 aromatic carbocycles. The minimum absolute atomic E-state index is 0.0662. The summed E-state index contributed by atoms with van der Waals surface area (Å²) in [6, 6.07) is 6.99. The molecule has 0 aromatic heterocycles. The molecule has 7 nitrogen and oxygen atoms in total. The van der Waals surface area contributed by atoms with Crippen molar-refractivity contribution in [3.63, 3.8) is 0 Å². The number of carbonyl (C=O) groups excluding carboxylic acids is 1. The number of hydrogen-bond donors (Lipinski definition) is 4. The maximum atomic E-state index is 10.8. The van der Waals surface area contributed by atoms with Gasteiger partial charge in [-0.3, -0.25) is 10.6 Å². The summed E-state index contributed by atoms with van der Waals surface area (Å²) >= 11 is 5.85. The van der Waals surface area contributed by atoms with Gasteiger partial charge in [-0.1, -0.05) is 30.7 Å². The Morgan fingerprint density at radius 3 is 2.71 bits per heavy atom. The lowest BCUT2D eigenvalue weighted by Gasteiger charge is -2.17. The molecule has 130 valence electrons. The second-order valence-corrected chi connectivity index (χ2v) is 6.14. The standard InChI is InChI=1S/C16H19ClN2O5/c1-9(13(8-20)19-16(22)23)6-14-18-12(15(21)24-14)7-10-2-4-11(17)5-3-10/h2-5,9,12,14-15,18-19,21H,6-7H2,1H3,(H,22,23). The van der Waals surface area contributed by atoms with E-state index in [1.807, 2.05) is 17.4 Å². The van der Waals surface area contributed by atoms with Crippen LogP contribution in [0.4, 0.5) is 4.79 Å². The van der Waals surface area contributed by atoms with E-state index in [1.165, 1.54) is 0 Å². The molecule has 0 aliphatic carbocycles. The maximum absolute atomic E-state index is 10.8. The highest BCUT2D eigenvalue weighted by molar-refractivity contribution is 6.30. The molecule has 2 rings (SSSR count). The Hall–Kier alpha value is -1.89. The van der Waals surface area contributed by atoms with Crippen LogP contribution in [0.3, 0.4) is 0 Å². The van der Waals surface area contributed by atoms with E-state index in [4.69, 9.17) is 21.4 Å². The summed E-state index contributed by atoms with van der Waals surface area (Å²) in [5.74, 6) is 1.17. The molecule has 0 spiro atoms. The van der Waals surface area contributed by atoms with E-state index >= 15 is 0 Å². The zero-order chi connectivity index (χ0) is 17.7. The van der Waals surface area contributed by atoms with E-state index in [0.29, 0.717) is 17.9 Å². The summed E-state index contributed by atoms with van der Waals surface area (Å²) in [6.07, 6.45) is -1.94. The molecule has 4 unspecified atom stereocenters. The van der Waals surface area contributed by atoms with Gasteiger partial charge in [-0.15, -0.1) is 0 Å². The molecule has 4 atom stereocenters. The summed E-state index contributed by atoms with van der Waals surface area (Å²) in [6.45, 7) is 1.68. The van der Waals surface area contributed by atoms with Crippen molar-refractivity contribution in [1.29, 1.82) is 0 Å². The third-order valence-corrected chi connectivity index (χ3v) is 4.08. The number of rotatable bonds is 6. The van der Waals surface area contributed by atoms with Crippen LogP contribution in [0.1, 0.15) is 18.9 Å². The van der Waals surface area contributed by atoms with Gasteiger partial charge in [0, 0.05) is 10.9 Å². The fourth-order valence-electron chi connectivity index (χ4n) is 2.58. The number of nitrogens with one attached hydrogen (secondary N) is 2. The highest BCUT2D eigenvalue weighted by atomic mass is 35.5. The third-order valence-electron chi connectivity index (χ3n) is 3.83. The molecule has 1 aliphatic heterocycles. The Balaban J connectivity index is 1.91. The average molecular weight is 355 g/mol. The minimum Gasteiger partial charge on any atom is -0.465 e. The van der Waals surface area contributed by atoms with Gasteiger partial charge >= 0.3 is 6.09 Å². The highest BCUT2D eigenvalue weighted by Crippen LogP contribution is 2.22. The summed E-state index contributed by atoms with van der Waals surface area (Å²) in [5, 5.41) is 24.5. The first-order chi connectivity index (χ1) is 11.4. The zero-order valence-electron chi connectivity index (χ0n) is 13.0. The molecular weight excluding hydrogens is 336 g/mol. The first kappa shape index (κ1) is 18.4. The van der Waals surface area contributed by atoms with Gasteiger partial charge < -0.3 is 14.9 Å². The molecule has 1 heterocycles. The number of ether oxygens (including phenoxy) is 1. The lowest BCUT2D eigenvalue weighted by atomic mass is 10.0. The quantitative estimate of drug-likeness (QED) is 0.577. The monoisotopic (exact) mass is 354 g/mol. The first-order valence-electron chi connectivity index (χ1n) is 7.48. The molecule has 1 fully saturated rings. The van der Waals surface area contributed by atoms with Crippen molar-refractivity contribution in [2.24, 2.45) is 5.92 Å². The number of carboxylic acid groups (broad SMARTS) is 1. The van der Waals surface area contributed by atoms with Gasteiger partial charge in [0.2, 0.25) is 0 Å². The van der Waals surface area contributed by atoms with Crippen molar-refractivity contribution >= 4 is 23.6 Å². The summed E-state index contributed by atoms with van der Waals surface area (Å²) in [5.41, 5.74) is 0.929. The minimum atomic E-state index is -1.32. The number of aliphatic hydroxyl groups is 1. The second-order valence-electron chi connectivity index (χ2n) is 5.70. The number of halogens is 1. The lowest BCUT2D eigenvalue weighted by Crippen LogP contribution is -2.36. The van der Waals surface area contributed by atoms with Crippen LogP contribution in [0.2, 0.25) is 5.02 Å². The first-order valence-corrected chi connectivity index (χ1v) is 7.85. The largest absolute Gasteiger partial charge is 0.465 e. The van der Waals surface area contributed by atoms with Gasteiger partial charge in [0.15, 0.2) is 6.29 Å². The van der Waals surface area contributed by atoms with Crippen LogP contribution in [0.5, 0.6) is 0 Å². The summed E-state index contributed by atoms with van der Waals surface area (Å²) in [4.78, 5) is 21.5. The van der Waals surface area contributed by atoms with Crippen molar-refractivity contribution in [2.45, 2.75) is 38.3 Å². The zero-order valence-corrected chi connectivity index (χ0v) is 13.8. The van der Waals surface area contributed by atoms with Crippen molar-refractivity contribution in [2.75, 3.05) is 0 Å². The predicted molar refractivity (Wildman–Crippen MR) is 87.1 cm³/mol. The fraction of sp³-hybridized carbons (Fsp3) is 0.438. The number of aliphatic hydroxyl groups excluding tert-OH is 1.